The molecule has 1 aliphatic rings. The Kier molecular flexibility index (Phi) is 3.82. The molecule has 0 aliphatic carbocycles. The fourth-order valence-corrected chi connectivity index (χ4v) is 2.48. The highest BCUT2D eigenvalue weighted by Crippen LogP contribution is 2.24. The summed E-state index contributed by atoms with van der Waals surface area (Å²) in [4.78, 5) is 23.1. The molecule has 1 aromatic rings. The molecule has 1 aliphatic heterocycles. The maximum Gasteiger partial charge on any atom is 0.305 e. The molecule has 1 fully saturated rings. The van der Waals surface area contributed by atoms with Gasteiger partial charge in [-0.3, -0.25) is 9.59 Å². The number of hydrogen-bond donors (Lipinski definition) is 2. The summed E-state index contributed by atoms with van der Waals surface area (Å²) in [6.45, 7) is 0.657. The molecule has 6 nitrogen and oxygen atoms in total. The van der Waals surface area contributed by atoms with E-state index in [4.69, 9.17) is 21.4 Å². The molecule has 1 aromatic heterocycles. The van der Waals surface area contributed by atoms with E-state index >= 15 is 0 Å². The highest BCUT2D eigenvalue weighted by atomic mass is 35.5. The van der Waals surface area contributed by atoms with E-state index < -0.39 is 11.5 Å². The summed E-state index contributed by atoms with van der Waals surface area (Å²) in [5.74, 6) is -1.31. The van der Waals surface area contributed by atoms with Crippen LogP contribution in [0, 0.1) is 0 Å². The lowest BCUT2D eigenvalue weighted by Crippen LogP contribution is -2.50. The average molecular weight is 287 g/mol. The van der Waals surface area contributed by atoms with E-state index in [0.29, 0.717) is 23.7 Å². The molecule has 1 unspecified atom stereocenters. The lowest BCUT2D eigenvalue weighted by molar-refractivity contribution is -0.138. The summed E-state index contributed by atoms with van der Waals surface area (Å²) in [5, 5.41) is 12.2. The summed E-state index contributed by atoms with van der Waals surface area (Å²) in [6.07, 6.45) is 1.95. The zero-order valence-corrected chi connectivity index (χ0v) is 11.2. The predicted molar refractivity (Wildman–Crippen MR) is 68.3 cm³/mol. The number of amides is 1. The van der Waals surface area contributed by atoms with Crippen molar-refractivity contribution in [3.05, 3.63) is 23.0 Å². The van der Waals surface area contributed by atoms with Crippen molar-refractivity contribution < 1.29 is 19.4 Å². The first-order chi connectivity index (χ1) is 8.92. The number of nitrogens with zero attached hydrogens (tertiary/aromatic N) is 1. The van der Waals surface area contributed by atoms with Gasteiger partial charge in [0.15, 0.2) is 0 Å². The highest BCUT2D eigenvalue weighted by Gasteiger charge is 2.39. The third-order valence-corrected chi connectivity index (χ3v) is 3.38. The average Bonchev–Trinajstić information content (AvgIpc) is 2.85. The minimum Gasteiger partial charge on any atom is -0.481 e. The Balaban J connectivity index is 2.15. The molecule has 104 valence electrons. The lowest BCUT2D eigenvalue weighted by Gasteiger charge is -2.27. The van der Waals surface area contributed by atoms with Crippen LogP contribution in [-0.2, 0) is 16.6 Å². The lowest BCUT2D eigenvalue weighted by atomic mass is 9.94. The van der Waals surface area contributed by atoms with Crippen molar-refractivity contribution in [3.63, 3.8) is 0 Å². The number of carbonyl (C=O) groups is 2. The van der Waals surface area contributed by atoms with Crippen molar-refractivity contribution in [2.45, 2.75) is 18.4 Å². The van der Waals surface area contributed by atoms with Gasteiger partial charge < -0.3 is 19.7 Å². The summed E-state index contributed by atoms with van der Waals surface area (Å²) < 4.78 is 6.82. The first-order valence-electron chi connectivity index (χ1n) is 5.86. The number of aryl methyl sites for hydroxylation is 1. The van der Waals surface area contributed by atoms with Crippen LogP contribution >= 0.6 is 11.6 Å². The quantitative estimate of drug-likeness (QED) is 0.867. The number of carboxylic acids is 1. The van der Waals surface area contributed by atoms with Gasteiger partial charge in [0.1, 0.15) is 5.69 Å². The summed E-state index contributed by atoms with van der Waals surface area (Å²) in [7, 11) is 1.70. The molecular weight excluding hydrogens is 272 g/mol. The van der Waals surface area contributed by atoms with Crippen LogP contribution < -0.4 is 5.32 Å². The molecule has 19 heavy (non-hydrogen) atoms. The van der Waals surface area contributed by atoms with Gasteiger partial charge in [0.2, 0.25) is 0 Å². The monoisotopic (exact) mass is 286 g/mol. The van der Waals surface area contributed by atoms with Crippen molar-refractivity contribution in [2.24, 2.45) is 7.05 Å². The summed E-state index contributed by atoms with van der Waals surface area (Å²) >= 11 is 5.83. The maximum atomic E-state index is 12.2. The normalized spacial score (nSPS) is 22.4. The van der Waals surface area contributed by atoms with E-state index in [1.54, 1.807) is 23.9 Å². The first kappa shape index (κ1) is 13.9. The number of ether oxygens (including phenoxy) is 1. The Bertz CT molecular complexity index is 506. The van der Waals surface area contributed by atoms with Crippen molar-refractivity contribution in [1.29, 1.82) is 0 Å². The van der Waals surface area contributed by atoms with Gasteiger partial charge >= 0.3 is 5.97 Å². The van der Waals surface area contributed by atoms with Gasteiger partial charge in [-0.2, -0.15) is 0 Å². The van der Waals surface area contributed by atoms with E-state index in [2.05, 4.69) is 5.32 Å². The van der Waals surface area contributed by atoms with Crippen LogP contribution in [0.5, 0.6) is 0 Å². The zero-order valence-electron chi connectivity index (χ0n) is 10.5. The van der Waals surface area contributed by atoms with Gasteiger partial charge in [0.05, 0.1) is 23.6 Å². The fraction of sp³-hybridized carbons (Fsp3) is 0.500. The highest BCUT2D eigenvalue weighted by molar-refractivity contribution is 6.31. The number of nitrogens with one attached hydrogen (secondary N) is 1. The van der Waals surface area contributed by atoms with Crippen LogP contribution in [0.1, 0.15) is 23.3 Å². The molecular formula is C12H15ClN2O4. The van der Waals surface area contributed by atoms with Crippen LogP contribution in [0.2, 0.25) is 5.02 Å². The van der Waals surface area contributed by atoms with E-state index in [-0.39, 0.29) is 18.9 Å². The first-order valence-corrected chi connectivity index (χ1v) is 6.24. The minimum atomic E-state index is -0.962. The number of aromatic nitrogens is 1. The van der Waals surface area contributed by atoms with Crippen LogP contribution in [0.4, 0.5) is 0 Å². The van der Waals surface area contributed by atoms with E-state index in [0.717, 1.165) is 0 Å². The Hall–Kier alpha value is -1.53. The van der Waals surface area contributed by atoms with Crippen molar-refractivity contribution in [2.75, 3.05) is 13.2 Å². The van der Waals surface area contributed by atoms with E-state index in [1.165, 1.54) is 0 Å². The molecule has 0 radical (unpaired) electrons. The number of halogens is 1. The van der Waals surface area contributed by atoms with Gasteiger partial charge in [-0.25, -0.2) is 0 Å². The molecule has 0 aromatic carbocycles. The van der Waals surface area contributed by atoms with Crippen molar-refractivity contribution in [3.8, 4) is 0 Å². The molecule has 1 atom stereocenters. The van der Waals surface area contributed by atoms with Crippen LogP contribution in [-0.4, -0.2) is 40.3 Å². The van der Waals surface area contributed by atoms with Gasteiger partial charge in [0, 0.05) is 19.9 Å². The van der Waals surface area contributed by atoms with Crippen molar-refractivity contribution in [1.82, 2.24) is 9.88 Å². The molecule has 2 N–H and O–H groups in total. The third-order valence-electron chi connectivity index (χ3n) is 3.18. The largest absolute Gasteiger partial charge is 0.481 e. The fourth-order valence-electron chi connectivity index (χ4n) is 2.23. The molecule has 1 amide bonds. The molecule has 2 heterocycles. The SMILES string of the molecule is Cn1cc(Cl)cc1C(=O)NC1(CC(=O)O)CCOC1. The van der Waals surface area contributed by atoms with Crippen LogP contribution in [0.25, 0.3) is 0 Å². The molecule has 1 saturated heterocycles. The molecule has 0 bridgehead atoms. The topological polar surface area (TPSA) is 80.6 Å². The van der Waals surface area contributed by atoms with E-state index in [1.807, 2.05) is 0 Å². The summed E-state index contributed by atoms with van der Waals surface area (Å²) in [5.41, 5.74) is -0.443. The Morgan fingerprint density at radius 2 is 2.37 bits per heavy atom. The second-order valence-corrected chi connectivity index (χ2v) is 5.20. The molecule has 0 saturated carbocycles. The second-order valence-electron chi connectivity index (χ2n) is 4.76. The number of carbonyl (C=O) groups excluding carboxylic acids is 1. The predicted octanol–water partition coefficient (Wildman–Crippen LogP) is 1.04. The third kappa shape index (κ3) is 3.08. The molecule has 7 heteroatoms. The Morgan fingerprint density at radius 3 is 2.84 bits per heavy atom. The number of aliphatic carboxylic acids is 1. The van der Waals surface area contributed by atoms with Crippen LogP contribution in [0.3, 0.4) is 0 Å². The maximum absolute atomic E-state index is 12.2. The van der Waals surface area contributed by atoms with E-state index in [9.17, 15) is 9.59 Å². The summed E-state index contributed by atoms with van der Waals surface area (Å²) in [6, 6.07) is 1.54. The second kappa shape index (κ2) is 5.22. The van der Waals surface area contributed by atoms with Gasteiger partial charge in [-0.1, -0.05) is 11.6 Å². The number of rotatable bonds is 4. The van der Waals surface area contributed by atoms with Gasteiger partial charge in [-0.05, 0) is 12.5 Å². The zero-order chi connectivity index (χ0) is 14.0. The number of hydrogen-bond acceptors (Lipinski definition) is 3. The Labute approximate surface area is 115 Å². The smallest absolute Gasteiger partial charge is 0.305 e. The number of carboxylic acid groups (broad SMARTS) is 1. The van der Waals surface area contributed by atoms with Gasteiger partial charge in [-0.15, -0.1) is 0 Å². The van der Waals surface area contributed by atoms with Gasteiger partial charge in [0.25, 0.3) is 5.91 Å². The molecule has 2 rings (SSSR count). The van der Waals surface area contributed by atoms with Crippen LogP contribution in [0.15, 0.2) is 12.3 Å². The minimum absolute atomic E-state index is 0.156. The standard InChI is InChI=1S/C12H15ClN2O4/c1-15-6-8(13)4-9(15)11(18)14-12(5-10(16)17)2-3-19-7-12/h4,6H,2-3,5,7H2,1H3,(H,14,18)(H,16,17). The molecule has 0 spiro atoms. The van der Waals surface area contributed by atoms with Crippen molar-refractivity contribution >= 4 is 23.5 Å². The Morgan fingerprint density at radius 1 is 1.63 bits per heavy atom.